The van der Waals surface area contributed by atoms with Gasteiger partial charge in [-0.25, -0.2) is 0 Å². The van der Waals surface area contributed by atoms with E-state index in [9.17, 15) is 9.59 Å². The number of likely N-dealkylation sites (tertiary alicyclic amines) is 1. The highest BCUT2D eigenvalue weighted by Crippen LogP contribution is 2.22. The smallest absolute Gasteiger partial charge is 0.253 e. The van der Waals surface area contributed by atoms with Crippen molar-refractivity contribution < 1.29 is 19.1 Å². The minimum absolute atomic E-state index is 0.0376. The van der Waals surface area contributed by atoms with Gasteiger partial charge in [0.15, 0.2) is 0 Å². The van der Waals surface area contributed by atoms with Crippen molar-refractivity contribution in [3.05, 3.63) is 65.2 Å². The second-order valence-electron chi connectivity index (χ2n) is 8.02. The van der Waals surface area contributed by atoms with Gasteiger partial charge in [0.05, 0.1) is 13.0 Å². The summed E-state index contributed by atoms with van der Waals surface area (Å²) in [5.41, 5.74) is 2.68. The predicted molar refractivity (Wildman–Crippen MR) is 120 cm³/mol. The van der Waals surface area contributed by atoms with Crippen LogP contribution in [0.2, 0.25) is 0 Å². The molecular formula is C25H32N2O4. The third-order valence-electron chi connectivity index (χ3n) is 5.81. The number of methoxy groups -OCH3 is 1. The van der Waals surface area contributed by atoms with Gasteiger partial charge in [0.1, 0.15) is 12.4 Å². The minimum atomic E-state index is 0.0376. The fraction of sp³-hybridized carbons (Fsp3) is 0.440. The first-order chi connectivity index (χ1) is 15.0. The molecule has 3 rings (SSSR count). The molecule has 2 aromatic rings. The van der Waals surface area contributed by atoms with Gasteiger partial charge in [0, 0.05) is 44.4 Å². The second-order valence-corrected chi connectivity index (χ2v) is 8.02. The molecule has 0 aromatic heterocycles. The molecule has 31 heavy (non-hydrogen) atoms. The molecule has 0 saturated carbocycles. The lowest BCUT2D eigenvalue weighted by Gasteiger charge is -2.37. The number of carbonyl (C=O) groups is 2. The molecular weight excluding hydrogens is 392 g/mol. The zero-order valence-corrected chi connectivity index (χ0v) is 18.7. The van der Waals surface area contributed by atoms with Crippen LogP contribution in [0.4, 0.5) is 0 Å². The van der Waals surface area contributed by atoms with E-state index in [1.54, 1.807) is 7.11 Å². The molecule has 1 saturated heterocycles. The van der Waals surface area contributed by atoms with E-state index in [0.717, 1.165) is 29.7 Å². The summed E-state index contributed by atoms with van der Waals surface area (Å²) in [7, 11) is 3.49. The van der Waals surface area contributed by atoms with Crippen molar-refractivity contribution in [3.8, 4) is 5.75 Å². The third kappa shape index (κ3) is 6.07. The van der Waals surface area contributed by atoms with Gasteiger partial charge >= 0.3 is 0 Å². The van der Waals surface area contributed by atoms with E-state index in [4.69, 9.17) is 9.47 Å². The molecule has 2 aromatic carbocycles. The molecule has 0 N–H and O–H groups in total. The first-order valence-electron chi connectivity index (χ1n) is 10.8. The molecule has 1 heterocycles. The Morgan fingerprint density at radius 1 is 1.06 bits per heavy atom. The monoisotopic (exact) mass is 424 g/mol. The topological polar surface area (TPSA) is 59.1 Å². The summed E-state index contributed by atoms with van der Waals surface area (Å²) in [4.78, 5) is 29.4. The zero-order valence-electron chi connectivity index (χ0n) is 18.7. The molecule has 1 aliphatic heterocycles. The maximum Gasteiger partial charge on any atom is 0.253 e. The number of hydrogen-bond donors (Lipinski definition) is 0. The summed E-state index contributed by atoms with van der Waals surface area (Å²) in [6.45, 7) is 4.25. The van der Waals surface area contributed by atoms with E-state index in [-0.39, 0.29) is 17.9 Å². The summed E-state index contributed by atoms with van der Waals surface area (Å²) < 4.78 is 10.8. The van der Waals surface area contributed by atoms with Gasteiger partial charge in [-0.3, -0.25) is 9.59 Å². The van der Waals surface area contributed by atoms with Gasteiger partial charge in [0.2, 0.25) is 5.91 Å². The Hall–Kier alpha value is -2.86. The Balaban J connectivity index is 1.54. The molecule has 0 spiro atoms. The fourth-order valence-corrected chi connectivity index (χ4v) is 3.95. The number of ether oxygens (including phenoxy) is 2. The van der Waals surface area contributed by atoms with Gasteiger partial charge < -0.3 is 19.3 Å². The number of piperidine rings is 1. The van der Waals surface area contributed by atoms with Crippen LogP contribution in [0.1, 0.15) is 34.3 Å². The van der Waals surface area contributed by atoms with Crippen LogP contribution >= 0.6 is 0 Å². The number of carbonyl (C=O) groups excluding carboxylic acids is 2. The Kier molecular flexibility index (Phi) is 8.06. The predicted octanol–water partition coefficient (Wildman–Crippen LogP) is 3.33. The molecule has 0 radical (unpaired) electrons. The van der Waals surface area contributed by atoms with Gasteiger partial charge in [-0.2, -0.15) is 0 Å². The number of amides is 2. The van der Waals surface area contributed by atoms with Crippen LogP contribution < -0.4 is 4.74 Å². The fourth-order valence-electron chi connectivity index (χ4n) is 3.95. The molecule has 6 heteroatoms. The minimum Gasteiger partial charge on any atom is -0.491 e. The number of benzene rings is 2. The molecule has 0 bridgehead atoms. The Bertz CT molecular complexity index is 891. The molecule has 0 atom stereocenters. The summed E-state index contributed by atoms with van der Waals surface area (Å²) >= 11 is 0. The summed E-state index contributed by atoms with van der Waals surface area (Å²) in [6, 6.07) is 15.5. The van der Waals surface area contributed by atoms with Crippen molar-refractivity contribution in [1.29, 1.82) is 0 Å². The Morgan fingerprint density at radius 2 is 1.81 bits per heavy atom. The van der Waals surface area contributed by atoms with Crippen molar-refractivity contribution in [2.75, 3.05) is 40.5 Å². The van der Waals surface area contributed by atoms with Crippen molar-refractivity contribution in [2.24, 2.45) is 0 Å². The lowest BCUT2D eigenvalue weighted by Crippen LogP contribution is -2.47. The maximum atomic E-state index is 12.9. The van der Waals surface area contributed by atoms with Crippen LogP contribution in [0.25, 0.3) is 0 Å². The van der Waals surface area contributed by atoms with Crippen LogP contribution in [0.5, 0.6) is 5.75 Å². The number of hydrogen-bond acceptors (Lipinski definition) is 4. The summed E-state index contributed by atoms with van der Waals surface area (Å²) in [6.07, 6.45) is 1.88. The highest BCUT2D eigenvalue weighted by atomic mass is 16.5. The molecule has 6 nitrogen and oxygen atoms in total. The van der Waals surface area contributed by atoms with Crippen LogP contribution in [-0.2, 0) is 16.0 Å². The molecule has 166 valence electrons. The standard InChI is InChI=1S/C25H32N2O4/c1-19-7-6-9-21(17-19)25(29)26(2)22-11-13-27(14-12-22)24(28)18-20-8-4-5-10-23(20)31-16-15-30-3/h4-10,17,22H,11-16,18H2,1-3H3. The summed E-state index contributed by atoms with van der Waals surface area (Å²) in [5.74, 6) is 0.857. The van der Waals surface area contributed by atoms with E-state index in [1.807, 2.05) is 72.3 Å². The van der Waals surface area contributed by atoms with Crippen LogP contribution in [0.3, 0.4) is 0 Å². The number of nitrogens with zero attached hydrogens (tertiary/aromatic N) is 2. The van der Waals surface area contributed by atoms with Crippen molar-refractivity contribution in [2.45, 2.75) is 32.2 Å². The molecule has 0 aliphatic carbocycles. The number of rotatable bonds is 8. The van der Waals surface area contributed by atoms with E-state index in [1.165, 1.54) is 0 Å². The van der Waals surface area contributed by atoms with Crippen molar-refractivity contribution >= 4 is 11.8 Å². The van der Waals surface area contributed by atoms with Crippen LogP contribution in [0, 0.1) is 6.92 Å². The molecule has 1 fully saturated rings. The van der Waals surface area contributed by atoms with E-state index >= 15 is 0 Å². The van der Waals surface area contributed by atoms with E-state index in [2.05, 4.69) is 0 Å². The average molecular weight is 425 g/mol. The largest absolute Gasteiger partial charge is 0.491 e. The first kappa shape index (κ1) is 22.8. The van der Waals surface area contributed by atoms with Gasteiger partial charge in [0.25, 0.3) is 5.91 Å². The number of para-hydroxylation sites is 1. The van der Waals surface area contributed by atoms with Crippen molar-refractivity contribution in [3.63, 3.8) is 0 Å². The second kappa shape index (κ2) is 11.0. The average Bonchev–Trinajstić information content (AvgIpc) is 2.79. The normalized spacial score (nSPS) is 14.4. The summed E-state index contributed by atoms with van der Waals surface area (Å²) in [5, 5.41) is 0. The van der Waals surface area contributed by atoms with Crippen molar-refractivity contribution in [1.82, 2.24) is 9.80 Å². The Morgan fingerprint density at radius 3 is 2.52 bits per heavy atom. The highest BCUT2D eigenvalue weighted by Gasteiger charge is 2.28. The first-order valence-corrected chi connectivity index (χ1v) is 10.8. The van der Waals surface area contributed by atoms with Gasteiger partial charge in [-0.1, -0.05) is 35.9 Å². The quantitative estimate of drug-likeness (QED) is 0.610. The van der Waals surface area contributed by atoms with Crippen LogP contribution in [0.15, 0.2) is 48.5 Å². The molecule has 0 unspecified atom stereocenters. The zero-order chi connectivity index (χ0) is 22.2. The Labute approximate surface area is 184 Å². The molecule has 1 aliphatic rings. The third-order valence-corrected chi connectivity index (χ3v) is 5.81. The lowest BCUT2D eigenvalue weighted by atomic mass is 10.0. The van der Waals surface area contributed by atoms with E-state index in [0.29, 0.717) is 38.3 Å². The molecule has 2 amide bonds. The van der Waals surface area contributed by atoms with Gasteiger partial charge in [-0.05, 0) is 38.0 Å². The maximum absolute atomic E-state index is 12.9. The SMILES string of the molecule is COCCOc1ccccc1CC(=O)N1CCC(N(C)C(=O)c2cccc(C)c2)CC1. The number of aryl methyl sites for hydroxylation is 1. The van der Waals surface area contributed by atoms with Gasteiger partial charge in [-0.15, -0.1) is 0 Å². The highest BCUT2D eigenvalue weighted by molar-refractivity contribution is 5.94. The van der Waals surface area contributed by atoms with Crippen LogP contribution in [-0.4, -0.2) is 68.1 Å². The van der Waals surface area contributed by atoms with E-state index < -0.39 is 0 Å². The lowest BCUT2D eigenvalue weighted by molar-refractivity contribution is -0.131.